The number of amides is 1. The number of piperazine rings is 1. The molecule has 1 amide bonds. The van der Waals surface area contributed by atoms with Gasteiger partial charge in [-0.2, -0.15) is 10.2 Å². The number of benzene rings is 1. The number of nitriles is 1. The lowest BCUT2D eigenvalue weighted by Crippen LogP contribution is -2.51. The lowest BCUT2D eigenvalue weighted by molar-refractivity contribution is -0.138. The number of rotatable bonds is 5. The van der Waals surface area contributed by atoms with E-state index in [0.29, 0.717) is 30.6 Å². The molecule has 1 aromatic carbocycles. The second-order valence-electron chi connectivity index (χ2n) is 9.67. The summed E-state index contributed by atoms with van der Waals surface area (Å²) < 4.78 is 16.8. The van der Waals surface area contributed by atoms with Crippen molar-refractivity contribution >= 4 is 11.8 Å². The number of carbonyl (C=O) groups excluding carboxylic acids is 1. The van der Waals surface area contributed by atoms with E-state index in [1.165, 1.54) is 11.1 Å². The molecule has 186 valence electrons. The van der Waals surface area contributed by atoms with Crippen LogP contribution >= 0.6 is 0 Å². The highest BCUT2D eigenvalue weighted by molar-refractivity contribution is 5.79. The number of hydrogen-bond donors (Lipinski definition) is 0. The van der Waals surface area contributed by atoms with Crippen LogP contribution in [0.25, 0.3) is 11.7 Å². The highest BCUT2D eigenvalue weighted by Crippen LogP contribution is 2.32. The molecule has 2 saturated heterocycles. The first-order valence-corrected chi connectivity index (χ1v) is 12.6. The van der Waals surface area contributed by atoms with Gasteiger partial charge in [0.1, 0.15) is 11.8 Å². The van der Waals surface area contributed by atoms with Gasteiger partial charge in [0.25, 0.3) is 5.89 Å². The third kappa shape index (κ3) is 4.44. The third-order valence-electron chi connectivity index (χ3n) is 7.42. The number of anilines is 1. The van der Waals surface area contributed by atoms with Crippen LogP contribution in [0.3, 0.4) is 0 Å². The Labute approximate surface area is 209 Å². The fourth-order valence-corrected chi connectivity index (χ4v) is 5.42. The molecule has 9 nitrogen and oxygen atoms in total. The van der Waals surface area contributed by atoms with Crippen LogP contribution in [0, 0.1) is 17.2 Å². The number of oxazole rings is 1. The molecule has 9 heteroatoms. The summed E-state index contributed by atoms with van der Waals surface area (Å²) in [5, 5.41) is 9.53. The number of ether oxygens (including phenoxy) is 1. The van der Waals surface area contributed by atoms with E-state index >= 15 is 0 Å². The fraction of sp³-hybridized carbons (Fsp3) is 0.444. The highest BCUT2D eigenvalue weighted by Gasteiger charge is 2.32. The van der Waals surface area contributed by atoms with Crippen LogP contribution in [0.15, 0.2) is 45.4 Å². The molecule has 0 unspecified atom stereocenters. The number of aromatic nitrogens is 1. The molecule has 2 aromatic heterocycles. The number of nitrogens with zero attached hydrogens (tertiary/aromatic N) is 5. The predicted molar refractivity (Wildman–Crippen MR) is 131 cm³/mol. The predicted octanol–water partition coefficient (Wildman–Crippen LogP) is 3.30. The van der Waals surface area contributed by atoms with E-state index in [1.54, 1.807) is 18.4 Å². The minimum atomic E-state index is 0.00233. The van der Waals surface area contributed by atoms with Gasteiger partial charge in [0, 0.05) is 58.2 Å². The number of furan rings is 1. The maximum atomic E-state index is 13.2. The molecule has 0 atom stereocenters. The minimum absolute atomic E-state index is 0.00233. The Morgan fingerprint density at radius 2 is 1.94 bits per heavy atom. The SMILES string of the molecule is N#Cc1nc(-c2ccco2)oc1N1CCC(C(=O)N2CCN(Cc3ccc4c(c3)CCO4)CC2)CC1. The van der Waals surface area contributed by atoms with Crippen molar-refractivity contribution in [2.24, 2.45) is 5.92 Å². The van der Waals surface area contributed by atoms with E-state index in [2.05, 4.69) is 34.2 Å². The summed E-state index contributed by atoms with van der Waals surface area (Å²) >= 11 is 0. The van der Waals surface area contributed by atoms with Gasteiger partial charge in [-0.15, -0.1) is 0 Å². The molecule has 0 bridgehead atoms. The average molecular weight is 488 g/mol. The summed E-state index contributed by atoms with van der Waals surface area (Å²) in [5.41, 5.74) is 2.86. The molecule has 6 rings (SSSR count). The van der Waals surface area contributed by atoms with Crippen molar-refractivity contribution in [1.29, 1.82) is 5.26 Å². The fourth-order valence-electron chi connectivity index (χ4n) is 5.42. The van der Waals surface area contributed by atoms with Crippen LogP contribution in [-0.4, -0.2) is 66.6 Å². The highest BCUT2D eigenvalue weighted by atomic mass is 16.5. The Hall–Kier alpha value is -3.77. The second kappa shape index (κ2) is 9.70. The Morgan fingerprint density at radius 1 is 1.11 bits per heavy atom. The van der Waals surface area contributed by atoms with Crippen molar-refractivity contribution in [3.05, 3.63) is 53.4 Å². The monoisotopic (exact) mass is 487 g/mol. The van der Waals surface area contributed by atoms with Crippen LogP contribution in [0.2, 0.25) is 0 Å². The summed E-state index contributed by atoms with van der Waals surface area (Å²) in [5.74, 6) is 2.52. The van der Waals surface area contributed by atoms with Crippen molar-refractivity contribution < 1.29 is 18.4 Å². The molecule has 0 N–H and O–H groups in total. The molecule has 0 aliphatic carbocycles. The van der Waals surface area contributed by atoms with E-state index in [9.17, 15) is 10.1 Å². The maximum absolute atomic E-state index is 13.2. The van der Waals surface area contributed by atoms with Gasteiger partial charge in [0.2, 0.25) is 17.5 Å². The van der Waals surface area contributed by atoms with E-state index in [4.69, 9.17) is 13.6 Å². The van der Waals surface area contributed by atoms with Crippen molar-refractivity contribution in [2.75, 3.05) is 50.8 Å². The number of hydrogen-bond acceptors (Lipinski definition) is 8. The van der Waals surface area contributed by atoms with Gasteiger partial charge in [0.15, 0.2) is 5.76 Å². The standard InChI is InChI=1S/C27H29N5O4/c28-17-22-27(36-25(29-22)24-2-1-14-34-24)32-8-5-20(6-9-32)26(33)31-12-10-30(11-13-31)18-19-3-4-23-21(16-19)7-15-35-23/h1-4,14,16,20H,5-13,15,18H2. The molecule has 0 saturated carbocycles. The molecular weight excluding hydrogens is 458 g/mol. The topological polar surface area (TPSA) is 99.0 Å². The van der Waals surface area contributed by atoms with Crippen LogP contribution in [0.1, 0.15) is 29.7 Å². The van der Waals surface area contributed by atoms with Crippen molar-refractivity contribution in [2.45, 2.75) is 25.8 Å². The molecule has 2 fully saturated rings. The summed E-state index contributed by atoms with van der Waals surface area (Å²) in [6.45, 7) is 6.30. The van der Waals surface area contributed by atoms with E-state index in [-0.39, 0.29) is 17.5 Å². The Kier molecular flexibility index (Phi) is 6.11. The van der Waals surface area contributed by atoms with Crippen molar-refractivity contribution in [3.8, 4) is 23.5 Å². The largest absolute Gasteiger partial charge is 0.493 e. The molecule has 5 heterocycles. The van der Waals surface area contributed by atoms with E-state index in [0.717, 1.165) is 64.3 Å². The molecule has 3 aliphatic rings. The first kappa shape index (κ1) is 22.7. The van der Waals surface area contributed by atoms with Gasteiger partial charge in [-0.25, -0.2) is 0 Å². The smallest absolute Gasteiger partial charge is 0.266 e. The first-order valence-electron chi connectivity index (χ1n) is 12.6. The van der Waals surface area contributed by atoms with Crippen LogP contribution in [-0.2, 0) is 17.8 Å². The average Bonchev–Trinajstić information content (AvgIpc) is 3.69. The second-order valence-corrected chi connectivity index (χ2v) is 9.67. The normalized spacial score (nSPS) is 18.6. The molecular formula is C27H29N5O4. The minimum Gasteiger partial charge on any atom is -0.493 e. The summed E-state index contributed by atoms with van der Waals surface area (Å²) in [4.78, 5) is 24.0. The van der Waals surface area contributed by atoms with Gasteiger partial charge in [0.05, 0.1) is 12.9 Å². The lowest BCUT2D eigenvalue weighted by atomic mass is 9.95. The van der Waals surface area contributed by atoms with E-state index in [1.807, 2.05) is 9.80 Å². The van der Waals surface area contributed by atoms with Gasteiger partial charge in [-0.05, 0) is 42.2 Å². The van der Waals surface area contributed by atoms with Crippen LogP contribution in [0.4, 0.5) is 5.88 Å². The zero-order valence-corrected chi connectivity index (χ0v) is 20.2. The summed E-state index contributed by atoms with van der Waals surface area (Å²) in [6, 6.07) is 12.1. The zero-order valence-electron chi connectivity index (χ0n) is 20.2. The Morgan fingerprint density at radius 3 is 2.69 bits per heavy atom. The van der Waals surface area contributed by atoms with Crippen molar-refractivity contribution in [3.63, 3.8) is 0 Å². The third-order valence-corrected chi connectivity index (χ3v) is 7.42. The quantitative estimate of drug-likeness (QED) is 0.541. The van der Waals surface area contributed by atoms with Crippen LogP contribution in [0.5, 0.6) is 5.75 Å². The Balaban J connectivity index is 1.01. The van der Waals surface area contributed by atoms with Gasteiger partial charge < -0.3 is 23.4 Å². The maximum Gasteiger partial charge on any atom is 0.266 e. The zero-order chi connectivity index (χ0) is 24.5. The lowest BCUT2D eigenvalue weighted by Gasteiger charge is -2.38. The number of fused-ring (bicyclic) bond motifs is 1. The summed E-state index contributed by atoms with van der Waals surface area (Å²) in [6.07, 6.45) is 4.00. The van der Waals surface area contributed by atoms with Gasteiger partial charge >= 0.3 is 0 Å². The van der Waals surface area contributed by atoms with Gasteiger partial charge in [-0.1, -0.05) is 12.1 Å². The van der Waals surface area contributed by atoms with Gasteiger partial charge in [-0.3, -0.25) is 9.69 Å². The molecule has 36 heavy (non-hydrogen) atoms. The molecule has 0 spiro atoms. The van der Waals surface area contributed by atoms with Crippen LogP contribution < -0.4 is 9.64 Å². The number of carbonyl (C=O) groups is 1. The summed E-state index contributed by atoms with van der Waals surface area (Å²) in [7, 11) is 0. The van der Waals surface area contributed by atoms with E-state index < -0.39 is 0 Å². The number of piperidine rings is 1. The molecule has 3 aromatic rings. The molecule has 0 radical (unpaired) electrons. The first-order chi connectivity index (χ1) is 17.7. The van der Waals surface area contributed by atoms with Crippen molar-refractivity contribution in [1.82, 2.24) is 14.8 Å². The molecule has 3 aliphatic heterocycles. The Bertz CT molecular complexity index is 1260.